The minimum atomic E-state index is -1.09. The summed E-state index contributed by atoms with van der Waals surface area (Å²) in [5.74, 6) is 0.421. The van der Waals surface area contributed by atoms with Gasteiger partial charge in [-0.15, -0.1) is 0 Å². The maximum Gasteiger partial charge on any atom is 0.0705 e. The maximum absolute atomic E-state index is 12.0. The van der Waals surface area contributed by atoms with Crippen LogP contribution in [0.1, 0.15) is 5.69 Å². The van der Waals surface area contributed by atoms with Gasteiger partial charge < -0.3 is 5.73 Å². The summed E-state index contributed by atoms with van der Waals surface area (Å²) in [6, 6.07) is 12.7. The largest absolute Gasteiger partial charge is 0.399 e. The average Bonchev–Trinajstić information content (AvgIpc) is 2.30. The normalized spacial score (nSPS) is 12.2. The first-order valence-electron chi connectivity index (χ1n) is 4.89. The van der Waals surface area contributed by atoms with Gasteiger partial charge in [0.05, 0.1) is 22.2 Å². The van der Waals surface area contributed by atoms with Gasteiger partial charge in [0, 0.05) is 16.8 Å². The number of rotatable bonds is 3. The second-order valence-corrected chi connectivity index (χ2v) is 4.83. The Balaban J connectivity index is 2.15. The molecule has 1 aromatic carbocycles. The van der Waals surface area contributed by atoms with Crippen LogP contribution in [0.5, 0.6) is 0 Å². The van der Waals surface area contributed by atoms with Crippen LogP contribution in [0.25, 0.3) is 0 Å². The molecule has 1 unspecified atom stereocenters. The molecule has 0 saturated carbocycles. The first-order chi connectivity index (χ1) is 7.75. The van der Waals surface area contributed by atoms with Crippen molar-refractivity contribution in [2.75, 3.05) is 5.73 Å². The van der Waals surface area contributed by atoms with Crippen LogP contribution in [0.3, 0.4) is 0 Å². The fourth-order valence-electron chi connectivity index (χ4n) is 1.36. The Morgan fingerprint density at radius 1 is 1.19 bits per heavy atom. The zero-order chi connectivity index (χ0) is 11.4. The molecule has 3 nitrogen and oxygen atoms in total. The lowest BCUT2D eigenvalue weighted by atomic mass is 10.3. The fraction of sp³-hybridized carbons (Fsp3) is 0.0833. The van der Waals surface area contributed by atoms with E-state index in [1.165, 1.54) is 0 Å². The number of aromatic nitrogens is 1. The molecule has 0 spiro atoms. The number of nitrogen functional groups attached to an aromatic ring is 1. The number of benzene rings is 1. The molecule has 4 heteroatoms. The highest BCUT2D eigenvalue weighted by Gasteiger charge is 2.05. The summed E-state index contributed by atoms with van der Waals surface area (Å²) in [4.78, 5) is 4.88. The molecule has 1 atom stereocenters. The Bertz CT molecular complexity index is 499. The van der Waals surface area contributed by atoms with Crippen molar-refractivity contribution in [2.45, 2.75) is 10.6 Å². The second-order valence-electron chi connectivity index (χ2n) is 3.38. The van der Waals surface area contributed by atoms with Crippen LogP contribution >= 0.6 is 0 Å². The zero-order valence-corrected chi connectivity index (χ0v) is 9.48. The van der Waals surface area contributed by atoms with Crippen molar-refractivity contribution < 1.29 is 4.21 Å². The Hall–Kier alpha value is -1.68. The molecule has 0 aliphatic heterocycles. The van der Waals surface area contributed by atoms with E-state index in [2.05, 4.69) is 4.98 Å². The molecular weight excluding hydrogens is 220 g/mol. The third-order valence-electron chi connectivity index (χ3n) is 2.13. The predicted octanol–water partition coefficient (Wildman–Crippen LogP) is 1.97. The summed E-state index contributed by atoms with van der Waals surface area (Å²) in [6.45, 7) is 0. The zero-order valence-electron chi connectivity index (χ0n) is 8.67. The van der Waals surface area contributed by atoms with Crippen molar-refractivity contribution >= 4 is 16.5 Å². The molecule has 0 amide bonds. The van der Waals surface area contributed by atoms with Gasteiger partial charge in [-0.1, -0.05) is 12.1 Å². The summed E-state index contributed by atoms with van der Waals surface area (Å²) in [7, 11) is -1.09. The van der Waals surface area contributed by atoms with E-state index < -0.39 is 10.8 Å². The Morgan fingerprint density at radius 2 is 2.06 bits per heavy atom. The van der Waals surface area contributed by atoms with E-state index in [0.29, 0.717) is 11.4 Å². The van der Waals surface area contributed by atoms with Gasteiger partial charge in [0.15, 0.2) is 0 Å². The minimum absolute atomic E-state index is 0.421. The van der Waals surface area contributed by atoms with Crippen molar-refractivity contribution in [1.82, 2.24) is 4.98 Å². The topological polar surface area (TPSA) is 56.0 Å². The van der Waals surface area contributed by atoms with E-state index in [9.17, 15) is 4.21 Å². The number of anilines is 1. The molecule has 0 bridgehead atoms. The highest BCUT2D eigenvalue weighted by atomic mass is 32.2. The molecule has 2 aromatic rings. The highest BCUT2D eigenvalue weighted by Crippen LogP contribution is 2.13. The predicted molar refractivity (Wildman–Crippen MR) is 65.2 cm³/mol. The Labute approximate surface area is 96.8 Å². The Kier molecular flexibility index (Phi) is 3.31. The number of pyridine rings is 1. The van der Waals surface area contributed by atoms with Gasteiger partial charge in [-0.05, 0) is 30.3 Å². The van der Waals surface area contributed by atoms with E-state index in [-0.39, 0.29) is 0 Å². The van der Waals surface area contributed by atoms with E-state index >= 15 is 0 Å². The highest BCUT2D eigenvalue weighted by molar-refractivity contribution is 7.84. The summed E-state index contributed by atoms with van der Waals surface area (Å²) >= 11 is 0. The maximum atomic E-state index is 12.0. The van der Waals surface area contributed by atoms with Crippen molar-refractivity contribution in [2.24, 2.45) is 0 Å². The van der Waals surface area contributed by atoms with Gasteiger partial charge in [-0.25, -0.2) is 0 Å². The summed E-state index contributed by atoms with van der Waals surface area (Å²) < 4.78 is 12.0. The minimum Gasteiger partial charge on any atom is -0.399 e. The molecule has 0 saturated heterocycles. The lowest BCUT2D eigenvalue weighted by molar-refractivity contribution is 0.682. The van der Waals surface area contributed by atoms with E-state index in [1.807, 2.05) is 24.3 Å². The van der Waals surface area contributed by atoms with Gasteiger partial charge in [0.25, 0.3) is 0 Å². The fourth-order valence-corrected chi connectivity index (χ4v) is 2.46. The average molecular weight is 232 g/mol. The SMILES string of the molecule is Nc1cccc(S(=O)Cc2ccccn2)c1. The van der Waals surface area contributed by atoms with Crippen LogP contribution in [0.2, 0.25) is 0 Å². The van der Waals surface area contributed by atoms with Crippen LogP contribution in [-0.4, -0.2) is 9.19 Å². The lowest BCUT2D eigenvalue weighted by Gasteiger charge is -2.02. The summed E-state index contributed by atoms with van der Waals surface area (Å²) in [5.41, 5.74) is 7.09. The molecule has 2 rings (SSSR count). The third kappa shape index (κ3) is 2.67. The molecule has 0 aliphatic carbocycles. The van der Waals surface area contributed by atoms with Crippen molar-refractivity contribution in [3.63, 3.8) is 0 Å². The van der Waals surface area contributed by atoms with Gasteiger partial charge in [0.2, 0.25) is 0 Å². The number of nitrogens with two attached hydrogens (primary N) is 1. The van der Waals surface area contributed by atoms with Crippen molar-refractivity contribution in [1.29, 1.82) is 0 Å². The number of hydrogen-bond donors (Lipinski definition) is 1. The van der Waals surface area contributed by atoms with Crippen LogP contribution in [0.4, 0.5) is 5.69 Å². The summed E-state index contributed by atoms with van der Waals surface area (Å²) in [5, 5.41) is 0. The molecule has 1 heterocycles. The van der Waals surface area contributed by atoms with Crippen LogP contribution in [0.15, 0.2) is 53.6 Å². The molecule has 0 radical (unpaired) electrons. The standard InChI is InChI=1S/C12H12N2OS/c13-10-4-3-6-12(8-10)16(15)9-11-5-1-2-7-14-11/h1-8H,9,13H2. The van der Waals surface area contributed by atoms with Crippen LogP contribution in [-0.2, 0) is 16.6 Å². The van der Waals surface area contributed by atoms with E-state index in [1.54, 1.807) is 24.4 Å². The second kappa shape index (κ2) is 4.90. The van der Waals surface area contributed by atoms with Crippen molar-refractivity contribution in [3.05, 3.63) is 54.4 Å². The lowest BCUT2D eigenvalue weighted by Crippen LogP contribution is -1.99. The quantitative estimate of drug-likeness (QED) is 0.823. The molecule has 16 heavy (non-hydrogen) atoms. The van der Waals surface area contributed by atoms with Crippen LogP contribution in [0, 0.1) is 0 Å². The molecular formula is C12H12N2OS. The van der Waals surface area contributed by atoms with E-state index in [0.717, 1.165) is 10.6 Å². The monoisotopic (exact) mass is 232 g/mol. The van der Waals surface area contributed by atoms with Crippen molar-refractivity contribution in [3.8, 4) is 0 Å². The molecule has 82 valence electrons. The van der Waals surface area contributed by atoms with Gasteiger partial charge in [-0.3, -0.25) is 9.19 Å². The van der Waals surface area contributed by atoms with Gasteiger partial charge in [-0.2, -0.15) is 0 Å². The molecule has 2 N–H and O–H groups in total. The summed E-state index contributed by atoms with van der Waals surface area (Å²) in [6.07, 6.45) is 1.70. The molecule has 0 aliphatic rings. The third-order valence-corrected chi connectivity index (χ3v) is 3.46. The molecule has 1 aromatic heterocycles. The number of nitrogens with zero attached hydrogens (tertiary/aromatic N) is 1. The smallest absolute Gasteiger partial charge is 0.0705 e. The Morgan fingerprint density at radius 3 is 2.75 bits per heavy atom. The first kappa shape index (κ1) is 10.8. The van der Waals surface area contributed by atoms with E-state index in [4.69, 9.17) is 5.73 Å². The first-order valence-corrected chi connectivity index (χ1v) is 6.21. The van der Waals surface area contributed by atoms with Crippen LogP contribution < -0.4 is 5.73 Å². The van der Waals surface area contributed by atoms with Gasteiger partial charge in [0.1, 0.15) is 0 Å². The van der Waals surface area contributed by atoms with Gasteiger partial charge >= 0.3 is 0 Å². The molecule has 0 fully saturated rings. The number of hydrogen-bond acceptors (Lipinski definition) is 3.